The molecule has 0 bridgehead atoms. The lowest BCUT2D eigenvalue weighted by Crippen LogP contribution is -2.51. The number of likely N-dealkylation sites (tertiary alicyclic amines) is 1. The van der Waals surface area contributed by atoms with Crippen LogP contribution in [0.2, 0.25) is 0 Å². The molecule has 0 radical (unpaired) electrons. The Hall–Kier alpha value is -0.900. The second kappa shape index (κ2) is 5.61. The number of ether oxygens (including phenoxy) is 1. The lowest BCUT2D eigenvalue weighted by Gasteiger charge is -2.45. The zero-order valence-corrected chi connectivity index (χ0v) is 11.6. The summed E-state index contributed by atoms with van der Waals surface area (Å²) in [5.74, 6) is 0. The number of nitrogens with zero attached hydrogens (tertiary/aromatic N) is 1. The first-order chi connectivity index (χ1) is 9.26. The van der Waals surface area contributed by atoms with Crippen molar-refractivity contribution >= 4 is 0 Å². The Balaban J connectivity index is 1.54. The Morgan fingerprint density at radius 2 is 1.95 bits per heavy atom. The van der Waals surface area contributed by atoms with Gasteiger partial charge in [-0.25, -0.2) is 0 Å². The van der Waals surface area contributed by atoms with Gasteiger partial charge in [-0.1, -0.05) is 30.3 Å². The molecule has 2 fully saturated rings. The second-order valence-electron chi connectivity index (χ2n) is 6.05. The van der Waals surface area contributed by atoms with Gasteiger partial charge in [0.05, 0.1) is 5.60 Å². The van der Waals surface area contributed by atoms with Crippen LogP contribution in [0.4, 0.5) is 0 Å². The van der Waals surface area contributed by atoms with Gasteiger partial charge in [-0.15, -0.1) is 0 Å². The minimum Gasteiger partial charge on any atom is -0.375 e. The third-order valence-electron chi connectivity index (χ3n) is 4.55. The molecule has 0 saturated carbocycles. The van der Waals surface area contributed by atoms with Crippen LogP contribution in [0.5, 0.6) is 0 Å². The molecule has 0 aromatic heterocycles. The van der Waals surface area contributed by atoms with Crippen LogP contribution in [0.25, 0.3) is 0 Å². The summed E-state index contributed by atoms with van der Waals surface area (Å²) >= 11 is 0. The Bertz CT molecular complexity index is 398. The summed E-state index contributed by atoms with van der Waals surface area (Å²) in [6, 6.07) is 11.1. The highest BCUT2D eigenvalue weighted by atomic mass is 16.5. The van der Waals surface area contributed by atoms with Crippen LogP contribution in [0.15, 0.2) is 30.3 Å². The number of nitrogens with two attached hydrogens (primary N) is 1. The summed E-state index contributed by atoms with van der Waals surface area (Å²) in [6.07, 6.45) is 4.34. The van der Waals surface area contributed by atoms with Crippen molar-refractivity contribution in [3.8, 4) is 0 Å². The second-order valence-corrected chi connectivity index (χ2v) is 6.05. The first kappa shape index (κ1) is 13.1. The van der Waals surface area contributed by atoms with E-state index in [9.17, 15) is 0 Å². The summed E-state index contributed by atoms with van der Waals surface area (Å²) in [7, 11) is 0. The molecule has 2 aliphatic rings. The van der Waals surface area contributed by atoms with Crippen molar-refractivity contribution in [2.24, 2.45) is 5.73 Å². The maximum atomic E-state index is 6.10. The van der Waals surface area contributed by atoms with E-state index in [4.69, 9.17) is 10.5 Å². The number of hydrogen-bond acceptors (Lipinski definition) is 3. The molecule has 1 aromatic rings. The zero-order chi connectivity index (χ0) is 13.1. The fourth-order valence-corrected chi connectivity index (χ4v) is 3.37. The highest BCUT2D eigenvalue weighted by Gasteiger charge is 2.39. The predicted molar refractivity (Wildman–Crippen MR) is 76.8 cm³/mol. The maximum Gasteiger partial charge on any atom is 0.0721 e. The molecule has 2 aliphatic heterocycles. The van der Waals surface area contributed by atoms with E-state index in [0.29, 0.717) is 6.04 Å². The SMILES string of the molecule is N[C@H]1CCOC2(CCN(Cc3ccccc3)CC2)C1. The van der Waals surface area contributed by atoms with Crippen LogP contribution in [0.3, 0.4) is 0 Å². The molecule has 0 aliphatic carbocycles. The minimum atomic E-state index is 0.0881. The summed E-state index contributed by atoms with van der Waals surface area (Å²) in [4.78, 5) is 2.53. The van der Waals surface area contributed by atoms with Gasteiger partial charge in [0.15, 0.2) is 0 Å². The fourth-order valence-electron chi connectivity index (χ4n) is 3.37. The van der Waals surface area contributed by atoms with Gasteiger partial charge in [-0.3, -0.25) is 4.90 Å². The Kier molecular flexibility index (Phi) is 3.87. The molecule has 0 unspecified atom stereocenters. The highest BCUT2D eigenvalue weighted by Crippen LogP contribution is 2.34. The van der Waals surface area contributed by atoms with Crippen LogP contribution in [0, 0.1) is 0 Å². The van der Waals surface area contributed by atoms with Crippen LogP contribution < -0.4 is 5.73 Å². The molecule has 3 rings (SSSR count). The molecule has 104 valence electrons. The average molecular weight is 260 g/mol. The van der Waals surface area contributed by atoms with Gasteiger partial charge in [0.1, 0.15) is 0 Å². The molecule has 3 heteroatoms. The summed E-state index contributed by atoms with van der Waals surface area (Å²) in [6.45, 7) is 4.16. The van der Waals surface area contributed by atoms with Gasteiger partial charge in [0, 0.05) is 32.3 Å². The van der Waals surface area contributed by atoms with Crippen LogP contribution in [-0.4, -0.2) is 36.2 Å². The van der Waals surface area contributed by atoms with E-state index < -0.39 is 0 Å². The summed E-state index contributed by atoms with van der Waals surface area (Å²) < 4.78 is 6.07. The lowest BCUT2D eigenvalue weighted by molar-refractivity contribution is -0.116. The Morgan fingerprint density at radius 1 is 1.21 bits per heavy atom. The fraction of sp³-hybridized carbons (Fsp3) is 0.625. The van der Waals surface area contributed by atoms with Crippen molar-refractivity contribution in [2.75, 3.05) is 19.7 Å². The van der Waals surface area contributed by atoms with Gasteiger partial charge < -0.3 is 10.5 Å². The quantitative estimate of drug-likeness (QED) is 0.885. The maximum absolute atomic E-state index is 6.10. The number of piperidine rings is 1. The normalized spacial score (nSPS) is 27.5. The van der Waals surface area contributed by atoms with Gasteiger partial charge in [-0.05, 0) is 31.2 Å². The largest absolute Gasteiger partial charge is 0.375 e. The van der Waals surface area contributed by atoms with E-state index in [0.717, 1.165) is 51.9 Å². The third kappa shape index (κ3) is 3.16. The lowest BCUT2D eigenvalue weighted by atomic mass is 9.82. The van der Waals surface area contributed by atoms with Crippen molar-refractivity contribution in [1.82, 2.24) is 4.90 Å². The molecular weight excluding hydrogens is 236 g/mol. The van der Waals surface area contributed by atoms with Crippen LogP contribution >= 0.6 is 0 Å². The van der Waals surface area contributed by atoms with E-state index >= 15 is 0 Å². The number of benzene rings is 1. The van der Waals surface area contributed by atoms with Gasteiger partial charge >= 0.3 is 0 Å². The van der Waals surface area contributed by atoms with Gasteiger partial charge in [0.25, 0.3) is 0 Å². The molecule has 19 heavy (non-hydrogen) atoms. The van der Waals surface area contributed by atoms with Gasteiger partial charge in [-0.2, -0.15) is 0 Å². The topological polar surface area (TPSA) is 38.5 Å². The van der Waals surface area contributed by atoms with Crippen molar-refractivity contribution in [1.29, 1.82) is 0 Å². The Labute approximate surface area is 115 Å². The minimum absolute atomic E-state index is 0.0881. The molecule has 1 atom stereocenters. The molecule has 2 saturated heterocycles. The van der Waals surface area contributed by atoms with Gasteiger partial charge in [0.2, 0.25) is 0 Å². The first-order valence-electron chi connectivity index (χ1n) is 7.42. The molecular formula is C16H24N2O. The zero-order valence-electron chi connectivity index (χ0n) is 11.6. The van der Waals surface area contributed by atoms with E-state index in [1.807, 2.05) is 0 Å². The molecule has 0 amide bonds. The van der Waals surface area contributed by atoms with Crippen molar-refractivity contribution < 1.29 is 4.74 Å². The van der Waals surface area contributed by atoms with Crippen molar-refractivity contribution in [3.63, 3.8) is 0 Å². The molecule has 1 aromatic carbocycles. The standard InChI is InChI=1S/C16H24N2O/c17-15-6-11-19-16(12-15)7-9-18(10-8-16)13-14-4-2-1-3-5-14/h1-5,15H,6-13,17H2/t15-/m0/s1. The summed E-state index contributed by atoms with van der Waals surface area (Å²) in [5, 5.41) is 0. The van der Waals surface area contributed by atoms with E-state index in [-0.39, 0.29) is 5.60 Å². The van der Waals surface area contributed by atoms with E-state index in [1.165, 1.54) is 5.56 Å². The molecule has 3 nitrogen and oxygen atoms in total. The van der Waals surface area contributed by atoms with Crippen molar-refractivity contribution in [3.05, 3.63) is 35.9 Å². The predicted octanol–water partition coefficient (Wildman–Crippen LogP) is 2.16. The third-order valence-corrected chi connectivity index (χ3v) is 4.55. The monoisotopic (exact) mass is 260 g/mol. The van der Waals surface area contributed by atoms with E-state index in [1.54, 1.807) is 0 Å². The molecule has 2 N–H and O–H groups in total. The highest BCUT2D eigenvalue weighted by molar-refractivity contribution is 5.14. The first-order valence-corrected chi connectivity index (χ1v) is 7.42. The van der Waals surface area contributed by atoms with Crippen LogP contribution in [-0.2, 0) is 11.3 Å². The van der Waals surface area contributed by atoms with Crippen molar-refractivity contribution in [2.45, 2.75) is 43.9 Å². The van der Waals surface area contributed by atoms with E-state index in [2.05, 4.69) is 35.2 Å². The Morgan fingerprint density at radius 3 is 2.63 bits per heavy atom. The van der Waals surface area contributed by atoms with Crippen LogP contribution in [0.1, 0.15) is 31.2 Å². The smallest absolute Gasteiger partial charge is 0.0721 e. The molecule has 1 spiro atoms. The number of rotatable bonds is 2. The summed E-state index contributed by atoms with van der Waals surface area (Å²) in [5.41, 5.74) is 7.60. The average Bonchev–Trinajstić information content (AvgIpc) is 2.43. The number of hydrogen-bond donors (Lipinski definition) is 1. The molecule has 2 heterocycles.